The molecule has 356 valence electrons. The van der Waals surface area contributed by atoms with Crippen LogP contribution < -0.4 is 15.0 Å². The number of rotatable bonds is 12. The molecule has 0 spiro atoms. The Labute approximate surface area is 387 Å². The maximum atomic E-state index is 17.2. The number of piperidine rings is 1. The Hall–Kier alpha value is -5.35. The lowest BCUT2D eigenvalue weighted by molar-refractivity contribution is -0.141. The molecule has 0 saturated carbocycles. The van der Waals surface area contributed by atoms with Gasteiger partial charge in [-0.15, -0.1) is 0 Å². The first-order valence-corrected chi connectivity index (χ1v) is 23.8. The third-order valence-corrected chi connectivity index (χ3v) is 13.6. The molecular weight excluding hydrogens is 844 g/mol. The predicted molar refractivity (Wildman–Crippen MR) is 251 cm³/mol. The van der Waals surface area contributed by atoms with Gasteiger partial charge < -0.3 is 34.4 Å². The predicted octanol–water partition coefficient (Wildman–Crippen LogP) is 7.24. The number of aryl methyl sites for hydroxylation is 1. The summed E-state index contributed by atoms with van der Waals surface area (Å²) in [5, 5.41) is 15.8. The number of nitrogens with one attached hydrogen (secondary N) is 1. The van der Waals surface area contributed by atoms with Crippen molar-refractivity contribution in [2.75, 3.05) is 57.4 Å². The summed E-state index contributed by atoms with van der Waals surface area (Å²) in [6, 6.07) is 8.37. The minimum atomic E-state index is -0.647. The highest BCUT2D eigenvalue weighted by molar-refractivity contribution is 6.01. The van der Waals surface area contributed by atoms with Crippen molar-refractivity contribution in [1.29, 1.82) is 0 Å². The van der Waals surface area contributed by atoms with Crippen LogP contribution in [0.3, 0.4) is 0 Å². The zero-order chi connectivity index (χ0) is 47.1. The summed E-state index contributed by atoms with van der Waals surface area (Å²) in [6.45, 7) is 19.4. The van der Waals surface area contributed by atoms with Crippen molar-refractivity contribution < 1.29 is 38.1 Å². The maximum absolute atomic E-state index is 17.2. The monoisotopic (exact) mass is 911 g/mol. The number of pyridine rings is 1. The van der Waals surface area contributed by atoms with Crippen LogP contribution in [0.25, 0.3) is 32.9 Å². The van der Waals surface area contributed by atoms with Crippen LogP contribution in [0.2, 0.25) is 0 Å². The van der Waals surface area contributed by atoms with Crippen LogP contribution in [0.1, 0.15) is 99.5 Å². The zero-order valence-electron chi connectivity index (χ0n) is 39.9. The fraction of sp³-hybridized carbons (Fsp3) is 0.600. The summed E-state index contributed by atoms with van der Waals surface area (Å²) in [6.07, 6.45) is 6.87. The molecule has 4 unspecified atom stereocenters. The Bertz CT molecular complexity index is 2430. The molecule has 15 nitrogen and oxygen atoms in total. The first kappa shape index (κ1) is 47.2. The Kier molecular flexibility index (Phi) is 13.6. The number of benzene rings is 2. The van der Waals surface area contributed by atoms with E-state index in [-0.39, 0.29) is 78.3 Å². The highest BCUT2D eigenvalue weighted by atomic mass is 19.1. The molecule has 8 rings (SSSR count). The number of carbonyl (C=O) groups excluding carboxylic acids is 3. The number of phenols is 1. The topological polar surface area (TPSA) is 163 Å². The van der Waals surface area contributed by atoms with Gasteiger partial charge in [-0.2, -0.15) is 9.97 Å². The Morgan fingerprint density at radius 2 is 1.70 bits per heavy atom. The first-order valence-electron chi connectivity index (χ1n) is 23.8. The maximum Gasteiger partial charge on any atom is 0.410 e. The van der Waals surface area contributed by atoms with Crippen molar-refractivity contribution in [3.8, 4) is 23.0 Å². The summed E-state index contributed by atoms with van der Waals surface area (Å²) >= 11 is 0. The van der Waals surface area contributed by atoms with Crippen LogP contribution in [0.4, 0.5) is 15.0 Å². The molecule has 4 atom stereocenters. The van der Waals surface area contributed by atoms with Gasteiger partial charge in [0.05, 0.1) is 23.6 Å². The van der Waals surface area contributed by atoms with E-state index in [2.05, 4.69) is 27.0 Å². The lowest BCUT2D eigenvalue weighted by Gasteiger charge is -2.42. The van der Waals surface area contributed by atoms with Gasteiger partial charge in [-0.05, 0) is 107 Å². The van der Waals surface area contributed by atoms with Crippen LogP contribution in [-0.4, -0.2) is 141 Å². The molecule has 4 aliphatic rings. The minimum Gasteiger partial charge on any atom is -0.508 e. The van der Waals surface area contributed by atoms with Crippen LogP contribution in [-0.2, 0) is 25.5 Å². The third-order valence-electron chi connectivity index (χ3n) is 13.6. The molecule has 2 bridgehead atoms. The fourth-order valence-corrected chi connectivity index (χ4v) is 10.2. The van der Waals surface area contributed by atoms with Gasteiger partial charge in [0.2, 0.25) is 11.8 Å². The van der Waals surface area contributed by atoms with E-state index < -0.39 is 22.9 Å². The van der Waals surface area contributed by atoms with Gasteiger partial charge in [-0.1, -0.05) is 45.9 Å². The van der Waals surface area contributed by atoms with Gasteiger partial charge in [0.25, 0.3) is 0 Å². The average Bonchev–Trinajstić information content (AvgIpc) is 3.82. The highest BCUT2D eigenvalue weighted by Gasteiger charge is 2.45. The normalized spacial score (nSPS) is 21.2. The van der Waals surface area contributed by atoms with Crippen molar-refractivity contribution >= 4 is 45.4 Å². The van der Waals surface area contributed by atoms with Crippen molar-refractivity contribution in [1.82, 2.24) is 35.0 Å². The number of aromatic hydroxyl groups is 1. The van der Waals surface area contributed by atoms with Crippen molar-refractivity contribution in [3.05, 3.63) is 47.9 Å². The quantitative estimate of drug-likeness (QED) is 0.147. The molecule has 3 amide bonds. The summed E-state index contributed by atoms with van der Waals surface area (Å²) < 4.78 is 35.4. The van der Waals surface area contributed by atoms with Gasteiger partial charge in [0.1, 0.15) is 47.6 Å². The average molecular weight is 911 g/mol. The van der Waals surface area contributed by atoms with Crippen LogP contribution in [0.5, 0.6) is 11.8 Å². The molecule has 66 heavy (non-hydrogen) atoms. The number of hydrogen-bond donors (Lipinski definition) is 2. The Morgan fingerprint density at radius 3 is 2.35 bits per heavy atom. The second kappa shape index (κ2) is 19.1. The Morgan fingerprint density at radius 1 is 0.970 bits per heavy atom. The summed E-state index contributed by atoms with van der Waals surface area (Å²) in [4.78, 5) is 62.3. The number of hydrogen-bond acceptors (Lipinski definition) is 12. The van der Waals surface area contributed by atoms with Crippen LogP contribution in [0.15, 0.2) is 36.5 Å². The van der Waals surface area contributed by atoms with Crippen molar-refractivity contribution in [2.24, 2.45) is 5.41 Å². The minimum absolute atomic E-state index is 0.00352. The SMILES string of the molecule is CCc1cccc2cc(O)cc(-c3ncc4c(N5CC6CCC(C5)N6C(=O)OC(C)(C)C)nc(OCCN5CCC(OCC(=O)NC(C(=O)N6CCCC6C)C(C)(C)C)CC5)nc4c3F)c12. The first-order chi connectivity index (χ1) is 31.4. The molecule has 2 aromatic carbocycles. The molecule has 0 radical (unpaired) electrons. The van der Waals surface area contributed by atoms with Crippen molar-refractivity contribution in [2.45, 2.75) is 136 Å². The number of nitrogens with zero attached hydrogens (tertiary/aromatic N) is 7. The van der Waals surface area contributed by atoms with E-state index in [0.29, 0.717) is 49.4 Å². The summed E-state index contributed by atoms with van der Waals surface area (Å²) in [5.41, 5.74) is 0.513. The van der Waals surface area contributed by atoms with Gasteiger partial charge in [-0.3, -0.25) is 24.4 Å². The molecule has 4 aromatic rings. The third kappa shape index (κ3) is 10.1. The number of likely N-dealkylation sites (tertiary alicyclic amines) is 2. The van der Waals surface area contributed by atoms with E-state index in [4.69, 9.17) is 24.2 Å². The molecule has 16 heteroatoms. The zero-order valence-corrected chi connectivity index (χ0v) is 39.9. The van der Waals surface area contributed by atoms with Crippen molar-refractivity contribution in [3.63, 3.8) is 0 Å². The highest BCUT2D eigenvalue weighted by Crippen LogP contribution is 2.40. The number of carbonyl (C=O) groups is 3. The molecule has 4 aliphatic heterocycles. The summed E-state index contributed by atoms with van der Waals surface area (Å²) in [7, 11) is 0. The van der Waals surface area contributed by atoms with Crippen LogP contribution in [0, 0.1) is 11.2 Å². The largest absolute Gasteiger partial charge is 0.508 e. The van der Waals surface area contributed by atoms with E-state index in [9.17, 15) is 19.5 Å². The number of amides is 3. The molecule has 2 aromatic heterocycles. The molecule has 4 fully saturated rings. The number of halogens is 1. The molecule has 4 saturated heterocycles. The fourth-order valence-electron chi connectivity index (χ4n) is 10.2. The Balaban J connectivity index is 0.964. The molecular formula is C50H67FN8O7. The van der Waals surface area contributed by atoms with E-state index in [1.807, 2.05) is 76.5 Å². The number of piperazine rings is 1. The smallest absolute Gasteiger partial charge is 0.410 e. The standard InChI is InChI=1S/C50H67FN8O7/c1-9-31-13-10-14-32-24-35(60)25-37(40(31)32)42-41(51)43-38(26-52-42)45(57-27-33-15-16-34(28-57)59(33)48(63)66-50(6,7)8)55-47(54-43)64-23-22-56-20-17-36(18-21-56)65-29-39(61)53-44(49(3,4)5)46(62)58-19-11-12-30(58)2/h10,13-14,24-26,30,33-34,36,44,60H,9,11-12,15-23,27-29H2,1-8H3,(H,53,61). The van der Waals surface area contributed by atoms with E-state index in [1.165, 1.54) is 0 Å². The lowest BCUT2D eigenvalue weighted by Crippen LogP contribution is -2.57. The van der Waals surface area contributed by atoms with Gasteiger partial charge in [-0.25, -0.2) is 9.18 Å². The number of fused-ring (bicyclic) bond motifs is 4. The second-order valence-electron chi connectivity index (χ2n) is 20.6. The van der Waals surface area contributed by atoms with Gasteiger partial charge in [0, 0.05) is 57.1 Å². The lowest BCUT2D eigenvalue weighted by atomic mass is 9.85. The number of anilines is 1. The second-order valence-corrected chi connectivity index (χ2v) is 20.6. The summed E-state index contributed by atoms with van der Waals surface area (Å²) in [5.74, 6) is -0.491. The number of phenolic OH excluding ortho intramolecular Hbond substituents is 1. The molecule has 2 N–H and O–H groups in total. The van der Waals surface area contributed by atoms with E-state index >= 15 is 4.39 Å². The molecule has 0 aliphatic carbocycles. The van der Waals surface area contributed by atoms with E-state index in [1.54, 1.807) is 18.3 Å². The van der Waals surface area contributed by atoms with Gasteiger partial charge in [0.15, 0.2) is 5.82 Å². The van der Waals surface area contributed by atoms with E-state index in [0.717, 1.165) is 68.0 Å². The van der Waals surface area contributed by atoms with Gasteiger partial charge >= 0.3 is 12.1 Å². The number of ether oxygens (including phenoxy) is 3. The van der Waals surface area contributed by atoms with Crippen LogP contribution >= 0.6 is 0 Å². The number of aromatic nitrogens is 3. The molecule has 6 heterocycles.